The molecule has 0 aliphatic carbocycles. The van der Waals surface area contributed by atoms with Gasteiger partial charge < -0.3 is 10.2 Å². The molecular formula is C33H34ClN3O4S. The highest BCUT2D eigenvalue weighted by molar-refractivity contribution is 7.92. The van der Waals surface area contributed by atoms with E-state index in [1.807, 2.05) is 50.2 Å². The number of aryl methyl sites for hydroxylation is 1. The van der Waals surface area contributed by atoms with Crippen molar-refractivity contribution in [3.8, 4) is 0 Å². The summed E-state index contributed by atoms with van der Waals surface area (Å²) in [4.78, 5) is 29.3. The Balaban J connectivity index is 1.78. The minimum atomic E-state index is -4.13. The van der Waals surface area contributed by atoms with Crippen LogP contribution in [0.5, 0.6) is 0 Å². The second kappa shape index (κ2) is 14.2. The number of nitrogens with one attached hydrogen (secondary N) is 1. The van der Waals surface area contributed by atoms with Crippen molar-refractivity contribution >= 4 is 39.1 Å². The molecule has 4 aromatic rings. The molecule has 218 valence electrons. The molecule has 4 rings (SSSR count). The average Bonchev–Trinajstić information content (AvgIpc) is 2.99. The summed E-state index contributed by atoms with van der Waals surface area (Å²) < 4.78 is 29.0. The summed E-state index contributed by atoms with van der Waals surface area (Å²) in [5.41, 5.74) is 2.87. The van der Waals surface area contributed by atoms with Crippen LogP contribution in [0.25, 0.3) is 0 Å². The van der Waals surface area contributed by atoms with Gasteiger partial charge in [0.15, 0.2) is 0 Å². The third-order valence-corrected chi connectivity index (χ3v) is 8.82. The quantitative estimate of drug-likeness (QED) is 0.228. The molecule has 0 aliphatic rings. The number of halogens is 1. The maximum absolute atomic E-state index is 14.3. The zero-order valence-corrected chi connectivity index (χ0v) is 25.2. The van der Waals surface area contributed by atoms with E-state index in [4.69, 9.17) is 11.6 Å². The smallest absolute Gasteiger partial charge is 0.264 e. The lowest BCUT2D eigenvalue weighted by molar-refractivity contribution is -0.140. The topological polar surface area (TPSA) is 86.8 Å². The Kier molecular flexibility index (Phi) is 10.4. The van der Waals surface area contributed by atoms with Crippen LogP contribution in [-0.4, -0.2) is 44.3 Å². The average molecular weight is 604 g/mol. The Bertz CT molecular complexity index is 1600. The van der Waals surface area contributed by atoms with Crippen LogP contribution >= 0.6 is 11.6 Å². The second-order valence-electron chi connectivity index (χ2n) is 9.91. The van der Waals surface area contributed by atoms with Crippen molar-refractivity contribution in [3.63, 3.8) is 0 Å². The Labute approximate surface area is 252 Å². The summed E-state index contributed by atoms with van der Waals surface area (Å²) in [6.07, 6.45) is 0.245. The van der Waals surface area contributed by atoms with Gasteiger partial charge in [-0.1, -0.05) is 90.0 Å². The molecule has 0 spiro atoms. The number of hydrogen-bond acceptors (Lipinski definition) is 4. The fraction of sp³-hybridized carbons (Fsp3) is 0.212. The lowest BCUT2D eigenvalue weighted by Crippen LogP contribution is -2.53. The lowest BCUT2D eigenvalue weighted by Gasteiger charge is -2.34. The van der Waals surface area contributed by atoms with Crippen LogP contribution < -0.4 is 9.62 Å². The van der Waals surface area contributed by atoms with Crippen molar-refractivity contribution in [1.82, 2.24) is 10.2 Å². The summed E-state index contributed by atoms with van der Waals surface area (Å²) in [7, 11) is -4.13. The van der Waals surface area contributed by atoms with Gasteiger partial charge in [-0.2, -0.15) is 0 Å². The highest BCUT2D eigenvalue weighted by Gasteiger charge is 2.34. The normalized spacial score (nSPS) is 11.9. The highest BCUT2D eigenvalue weighted by Crippen LogP contribution is 2.25. The van der Waals surface area contributed by atoms with Gasteiger partial charge in [-0.3, -0.25) is 13.9 Å². The standard InChI is InChI=1S/C33H34ClN3O4S/c1-3-35-33(39)31(22-26-11-6-4-7-12-26)36(23-27-13-10-14-28(34)21-27)32(38)24-37(29-19-17-25(2)18-20-29)42(40,41)30-15-8-5-9-16-30/h4-21,31H,3,22-24H2,1-2H3,(H,35,39)/t31-/m0/s1. The fourth-order valence-corrected chi connectivity index (χ4v) is 6.29. The minimum Gasteiger partial charge on any atom is -0.355 e. The van der Waals surface area contributed by atoms with Gasteiger partial charge >= 0.3 is 0 Å². The number of hydrogen-bond donors (Lipinski definition) is 1. The molecule has 0 radical (unpaired) electrons. The van der Waals surface area contributed by atoms with Crippen LogP contribution in [0.4, 0.5) is 5.69 Å². The van der Waals surface area contributed by atoms with Crippen molar-refractivity contribution < 1.29 is 18.0 Å². The number of rotatable bonds is 12. The van der Waals surface area contributed by atoms with E-state index >= 15 is 0 Å². The van der Waals surface area contributed by atoms with Gasteiger partial charge in [0.05, 0.1) is 10.6 Å². The Morgan fingerprint density at radius 2 is 1.45 bits per heavy atom. The van der Waals surface area contributed by atoms with Gasteiger partial charge in [0.1, 0.15) is 12.6 Å². The molecule has 0 heterocycles. The third-order valence-electron chi connectivity index (χ3n) is 6.80. The molecule has 1 atom stereocenters. The van der Waals surface area contributed by atoms with Crippen LogP contribution in [0.2, 0.25) is 5.02 Å². The number of carbonyl (C=O) groups is 2. The van der Waals surface area contributed by atoms with Gasteiger partial charge in [-0.05, 0) is 61.4 Å². The predicted octanol–water partition coefficient (Wildman–Crippen LogP) is 5.62. The first-order chi connectivity index (χ1) is 20.2. The van der Waals surface area contributed by atoms with E-state index in [0.29, 0.717) is 22.8 Å². The molecule has 0 aliphatic heterocycles. The second-order valence-corrected chi connectivity index (χ2v) is 12.2. The van der Waals surface area contributed by atoms with Gasteiger partial charge in [-0.15, -0.1) is 0 Å². The Hall–Kier alpha value is -4.14. The molecule has 2 amide bonds. The molecule has 7 nitrogen and oxygen atoms in total. The zero-order chi connectivity index (χ0) is 30.1. The Morgan fingerprint density at radius 1 is 0.833 bits per heavy atom. The van der Waals surface area contributed by atoms with Crippen LogP contribution in [0.3, 0.4) is 0 Å². The fourth-order valence-electron chi connectivity index (χ4n) is 4.64. The molecule has 1 N–H and O–H groups in total. The summed E-state index contributed by atoms with van der Waals surface area (Å²) in [5.74, 6) is -0.855. The molecule has 42 heavy (non-hydrogen) atoms. The summed E-state index contributed by atoms with van der Waals surface area (Å²) >= 11 is 6.26. The van der Waals surface area contributed by atoms with Crippen LogP contribution in [-0.2, 0) is 32.6 Å². The summed E-state index contributed by atoms with van der Waals surface area (Å²) in [5, 5.41) is 3.35. The molecule has 0 bridgehead atoms. The van der Waals surface area contributed by atoms with Crippen LogP contribution in [0.15, 0.2) is 114 Å². The van der Waals surface area contributed by atoms with Crippen molar-refractivity contribution in [2.45, 2.75) is 37.8 Å². The first-order valence-electron chi connectivity index (χ1n) is 13.7. The first-order valence-corrected chi connectivity index (χ1v) is 15.5. The van der Waals surface area contributed by atoms with Crippen molar-refractivity contribution in [3.05, 3.63) is 131 Å². The number of likely N-dealkylation sites (N-methyl/N-ethyl adjacent to an activating group) is 1. The maximum Gasteiger partial charge on any atom is 0.264 e. The van der Waals surface area contributed by atoms with Gasteiger partial charge in [0.2, 0.25) is 11.8 Å². The molecule has 0 fully saturated rings. The molecule has 0 unspecified atom stereocenters. The van der Waals surface area contributed by atoms with E-state index in [9.17, 15) is 18.0 Å². The largest absolute Gasteiger partial charge is 0.355 e. The van der Waals surface area contributed by atoms with E-state index < -0.39 is 28.5 Å². The zero-order valence-electron chi connectivity index (χ0n) is 23.6. The van der Waals surface area contributed by atoms with Crippen LogP contribution in [0, 0.1) is 6.92 Å². The molecule has 0 aromatic heterocycles. The number of anilines is 1. The van der Waals surface area contributed by atoms with Crippen molar-refractivity contribution in [1.29, 1.82) is 0 Å². The van der Waals surface area contributed by atoms with Crippen LogP contribution in [0.1, 0.15) is 23.6 Å². The molecule has 0 saturated carbocycles. The number of carbonyl (C=O) groups excluding carboxylic acids is 2. The highest BCUT2D eigenvalue weighted by atomic mass is 35.5. The molecule has 4 aromatic carbocycles. The molecular weight excluding hydrogens is 570 g/mol. The lowest BCUT2D eigenvalue weighted by atomic mass is 10.0. The Morgan fingerprint density at radius 3 is 2.07 bits per heavy atom. The first kappa shape index (κ1) is 30.8. The number of sulfonamides is 1. The van der Waals surface area contributed by atoms with E-state index in [-0.39, 0.29) is 23.8 Å². The third kappa shape index (κ3) is 7.78. The van der Waals surface area contributed by atoms with Gasteiger partial charge in [-0.25, -0.2) is 8.42 Å². The maximum atomic E-state index is 14.3. The summed E-state index contributed by atoms with van der Waals surface area (Å²) in [6, 6.07) is 30.5. The van der Waals surface area contributed by atoms with E-state index in [0.717, 1.165) is 15.4 Å². The molecule has 9 heteroatoms. The van der Waals surface area contributed by atoms with E-state index in [1.54, 1.807) is 60.7 Å². The molecule has 0 saturated heterocycles. The SMILES string of the molecule is CCNC(=O)[C@H](Cc1ccccc1)N(Cc1cccc(Cl)c1)C(=O)CN(c1ccc(C)cc1)S(=O)(=O)c1ccccc1. The number of amides is 2. The minimum absolute atomic E-state index is 0.0567. The number of nitrogens with zero attached hydrogens (tertiary/aromatic N) is 2. The summed E-state index contributed by atoms with van der Waals surface area (Å²) in [6.45, 7) is 3.64. The van der Waals surface area contributed by atoms with Gasteiger partial charge in [0, 0.05) is 24.5 Å². The predicted molar refractivity (Wildman–Crippen MR) is 167 cm³/mol. The van der Waals surface area contributed by atoms with Gasteiger partial charge in [0.25, 0.3) is 10.0 Å². The monoisotopic (exact) mass is 603 g/mol. The van der Waals surface area contributed by atoms with Crippen molar-refractivity contribution in [2.75, 3.05) is 17.4 Å². The number of benzene rings is 4. The van der Waals surface area contributed by atoms with E-state index in [1.165, 1.54) is 17.0 Å². The van der Waals surface area contributed by atoms with Crippen molar-refractivity contribution in [2.24, 2.45) is 0 Å². The van der Waals surface area contributed by atoms with E-state index in [2.05, 4.69) is 5.32 Å².